The molecule has 2 N–H and O–H groups in total. The molecule has 2 amide bonds. The van der Waals surface area contributed by atoms with Gasteiger partial charge >= 0.3 is 0 Å². The molecule has 0 saturated heterocycles. The third-order valence-electron chi connectivity index (χ3n) is 3.16. The van der Waals surface area contributed by atoms with E-state index < -0.39 is 16.2 Å². The number of nitrogens with zero attached hydrogens (tertiary/aromatic N) is 4. The van der Waals surface area contributed by atoms with E-state index >= 15 is 0 Å². The minimum Gasteiger partial charge on any atom is -0.300 e. The predicted octanol–water partition coefficient (Wildman–Crippen LogP) is 2.12. The van der Waals surface area contributed by atoms with Gasteiger partial charge in [-0.05, 0) is 0 Å². The van der Waals surface area contributed by atoms with Crippen molar-refractivity contribution in [3.63, 3.8) is 0 Å². The molecule has 11 heteroatoms. The summed E-state index contributed by atoms with van der Waals surface area (Å²) in [5.74, 6) is -0.627. The number of anilines is 1. The van der Waals surface area contributed by atoms with Crippen LogP contribution in [0.25, 0.3) is 0 Å². The maximum Gasteiger partial charge on any atom is 0.270 e. The third kappa shape index (κ3) is 6.22. The van der Waals surface area contributed by atoms with E-state index in [1.807, 2.05) is 0 Å². The molecule has 2 aromatic rings. The lowest BCUT2D eigenvalue weighted by Gasteiger charge is -2.15. The van der Waals surface area contributed by atoms with Gasteiger partial charge in [0.15, 0.2) is 0 Å². The van der Waals surface area contributed by atoms with Gasteiger partial charge in [-0.3, -0.25) is 19.7 Å². The number of nitro benzene ring substituents is 1. The predicted molar refractivity (Wildman–Crippen MR) is 101 cm³/mol. The minimum absolute atomic E-state index is 0.0602. The molecule has 0 fully saturated rings. The van der Waals surface area contributed by atoms with Crippen molar-refractivity contribution in [2.45, 2.75) is 27.2 Å². The summed E-state index contributed by atoms with van der Waals surface area (Å²) in [6, 6.07) is 5.85. The highest BCUT2D eigenvalue weighted by molar-refractivity contribution is 7.15. The van der Waals surface area contributed by atoms with Crippen LogP contribution in [0.15, 0.2) is 29.4 Å². The van der Waals surface area contributed by atoms with Gasteiger partial charge in [-0.2, -0.15) is 5.10 Å². The first kappa shape index (κ1) is 20.1. The fourth-order valence-corrected chi connectivity index (χ4v) is 2.47. The maximum atomic E-state index is 11.9. The first-order valence-electron chi connectivity index (χ1n) is 7.85. The topological polar surface area (TPSA) is 139 Å². The number of hydrazone groups is 1. The van der Waals surface area contributed by atoms with Gasteiger partial charge in [0.2, 0.25) is 16.9 Å². The Bertz CT molecular complexity index is 887. The van der Waals surface area contributed by atoms with E-state index in [2.05, 4.69) is 26.0 Å². The molecule has 27 heavy (non-hydrogen) atoms. The van der Waals surface area contributed by atoms with Crippen molar-refractivity contribution in [2.24, 2.45) is 10.5 Å². The van der Waals surface area contributed by atoms with E-state index in [0.29, 0.717) is 15.7 Å². The second-order valence-corrected chi connectivity index (χ2v) is 7.59. The van der Waals surface area contributed by atoms with E-state index in [-0.39, 0.29) is 18.0 Å². The molecular weight excluding hydrogens is 372 g/mol. The fraction of sp³-hybridized carbons (Fsp3) is 0.312. The van der Waals surface area contributed by atoms with Crippen LogP contribution < -0.4 is 10.7 Å². The Balaban J connectivity index is 1.88. The quantitative estimate of drug-likeness (QED) is 0.440. The molecule has 142 valence electrons. The number of nitro groups is 1. The van der Waals surface area contributed by atoms with Crippen molar-refractivity contribution in [2.75, 3.05) is 5.32 Å². The summed E-state index contributed by atoms with van der Waals surface area (Å²) in [4.78, 5) is 34.0. The number of amides is 2. The number of non-ortho nitro benzene ring substituents is 1. The summed E-state index contributed by atoms with van der Waals surface area (Å²) in [5.41, 5.74) is 2.16. The molecule has 0 radical (unpaired) electrons. The van der Waals surface area contributed by atoms with Gasteiger partial charge in [0.05, 0.1) is 17.6 Å². The van der Waals surface area contributed by atoms with E-state index in [0.717, 1.165) is 11.3 Å². The average Bonchev–Trinajstić information content (AvgIpc) is 3.01. The lowest BCUT2D eigenvalue weighted by molar-refractivity contribution is -0.384. The summed E-state index contributed by atoms with van der Waals surface area (Å²) in [7, 11) is 0. The maximum absolute atomic E-state index is 11.9. The molecule has 0 bridgehead atoms. The highest BCUT2D eigenvalue weighted by atomic mass is 32.1. The molecule has 1 aromatic carbocycles. The molecular formula is C16H18N6O4S. The number of aromatic nitrogens is 2. The van der Waals surface area contributed by atoms with Crippen molar-refractivity contribution in [1.29, 1.82) is 0 Å². The van der Waals surface area contributed by atoms with Gasteiger partial charge in [0.25, 0.3) is 5.69 Å². The second kappa shape index (κ2) is 8.45. The van der Waals surface area contributed by atoms with Crippen molar-refractivity contribution in [3.05, 3.63) is 45.0 Å². The van der Waals surface area contributed by atoms with E-state index in [1.165, 1.54) is 24.4 Å². The van der Waals surface area contributed by atoms with Crippen LogP contribution in [0.3, 0.4) is 0 Å². The molecule has 0 aliphatic heterocycles. The Hall–Kier alpha value is -3.21. The van der Waals surface area contributed by atoms with Crippen LogP contribution in [-0.4, -0.2) is 33.1 Å². The molecule has 1 heterocycles. The summed E-state index contributed by atoms with van der Waals surface area (Å²) in [6.07, 6.45) is 1.25. The highest BCUT2D eigenvalue weighted by Gasteiger charge is 2.22. The molecule has 0 spiro atoms. The Morgan fingerprint density at radius 2 is 2.07 bits per heavy atom. The first-order chi connectivity index (χ1) is 12.6. The van der Waals surface area contributed by atoms with Crippen LogP contribution in [0.5, 0.6) is 0 Å². The van der Waals surface area contributed by atoms with Gasteiger partial charge < -0.3 is 5.32 Å². The van der Waals surface area contributed by atoms with Crippen molar-refractivity contribution in [3.8, 4) is 0 Å². The largest absolute Gasteiger partial charge is 0.300 e. The number of hydrogen-bond donors (Lipinski definition) is 2. The number of rotatable bonds is 6. The lowest BCUT2D eigenvalue weighted by Crippen LogP contribution is -2.27. The van der Waals surface area contributed by atoms with E-state index in [4.69, 9.17) is 0 Å². The molecule has 10 nitrogen and oxygen atoms in total. The van der Waals surface area contributed by atoms with E-state index in [9.17, 15) is 19.7 Å². The zero-order valence-electron chi connectivity index (χ0n) is 14.9. The van der Waals surface area contributed by atoms with Crippen molar-refractivity contribution < 1.29 is 14.5 Å². The highest BCUT2D eigenvalue weighted by Crippen LogP contribution is 2.20. The van der Waals surface area contributed by atoms with E-state index in [1.54, 1.807) is 26.8 Å². The summed E-state index contributed by atoms with van der Waals surface area (Å²) in [5, 5.41) is 25.5. The number of hydrogen-bond acceptors (Lipinski definition) is 8. The lowest BCUT2D eigenvalue weighted by atomic mass is 9.96. The zero-order chi connectivity index (χ0) is 20.0. The minimum atomic E-state index is -0.565. The molecule has 2 rings (SSSR count). The Labute approximate surface area is 158 Å². The molecule has 0 aliphatic carbocycles. The summed E-state index contributed by atoms with van der Waals surface area (Å²) < 4.78 is 0. The van der Waals surface area contributed by atoms with Gasteiger partial charge in [0.1, 0.15) is 5.01 Å². The standard InChI is InChI=1S/C16H18N6O4S/c1-16(2,3)14(24)18-15-21-20-13(27-15)8-12(23)19-17-9-10-5-4-6-11(7-10)22(25)26/h4-7,9H,8H2,1-3H3,(H,19,23)(H,18,21,24)/b17-9-. The molecule has 0 unspecified atom stereocenters. The Kier molecular flexibility index (Phi) is 6.29. The van der Waals surface area contributed by atoms with Gasteiger partial charge in [0, 0.05) is 23.1 Å². The first-order valence-corrected chi connectivity index (χ1v) is 8.67. The Morgan fingerprint density at radius 1 is 1.33 bits per heavy atom. The number of benzene rings is 1. The summed E-state index contributed by atoms with van der Waals surface area (Å²) >= 11 is 1.10. The smallest absolute Gasteiger partial charge is 0.270 e. The van der Waals surface area contributed by atoms with Gasteiger partial charge in [-0.25, -0.2) is 5.43 Å². The second-order valence-electron chi connectivity index (χ2n) is 6.53. The summed E-state index contributed by atoms with van der Waals surface area (Å²) in [6.45, 7) is 5.32. The van der Waals surface area contributed by atoms with Crippen LogP contribution >= 0.6 is 11.3 Å². The monoisotopic (exact) mass is 390 g/mol. The number of carbonyl (C=O) groups is 2. The fourth-order valence-electron chi connectivity index (χ4n) is 1.73. The zero-order valence-corrected chi connectivity index (χ0v) is 15.7. The van der Waals surface area contributed by atoms with Crippen LogP contribution in [0.4, 0.5) is 10.8 Å². The molecule has 1 aromatic heterocycles. The average molecular weight is 390 g/mol. The van der Waals surface area contributed by atoms with Gasteiger partial charge in [-0.15, -0.1) is 10.2 Å². The van der Waals surface area contributed by atoms with Gasteiger partial charge in [-0.1, -0.05) is 44.2 Å². The van der Waals surface area contributed by atoms with Crippen LogP contribution in [0.1, 0.15) is 31.3 Å². The normalized spacial score (nSPS) is 11.4. The number of carbonyl (C=O) groups excluding carboxylic acids is 2. The molecule has 0 saturated carbocycles. The third-order valence-corrected chi connectivity index (χ3v) is 4.00. The molecule has 0 aliphatic rings. The van der Waals surface area contributed by atoms with Crippen molar-refractivity contribution >= 4 is 40.2 Å². The van der Waals surface area contributed by atoms with Crippen LogP contribution in [-0.2, 0) is 16.0 Å². The SMILES string of the molecule is CC(C)(C)C(=O)Nc1nnc(CC(=O)N/N=C\c2cccc([N+](=O)[O-])c2)s1. The van der Waals surface area contributed by atoms with Crippen LogP contribution in [0, 0.1) is 15.5 Å². The molecule has 0 atom stereocenters. The Morgan fingerprint density at radius 3 is 2.74 bits per heavy atom. The van der Waals surface area contributed by atoms with Crippen LogP contribution in [0.2, 0.25) is 0 Å². The van der Waals surface area contributed by atoms with Crippen molar-refractivity contribution in [1.82, 2.24) is 15.6 Å². The number of nitrogens with one attached hydrogen (secondary N) is 2.